The third kappa shape index (κ3) is 5.71. The molecule has 0 unspecified atom stereocenters. The fraction of sp³-hybridized carbons (Fsp3) is 0.900. The van der Waals surface area contributed by atoms with Crippen LogP contribution in [0.1, 0.15) is 6.42 Å². The van der Waals surface area contributed by atoms with Crippen molar-refractivity contribution in [1.82, 2.24) is 10.2 Å². The Balaban J connectivity index is 1.89. The van der Waals surface area contributed by atoms with Crippen LogP contribution >= 0.6 is 0 Å². The molecule has 0 amide bonds. The lowest BCUT2D eigenvalue weighted by Crippen LogP contribution is -2.40. The van der Waals surface area contributed by atoms with Gasteiger partial charge < -0.3 is 14.8 Å². The normalized spacial score (nSPS) is 17.7. The molecule has 0 saturated carbocycles. The van der Waals surface area contributed by atoms with Gasteiger partial charge >= 0.3 is 5.97 Å². The smallest absolute Gasteiger partial charge is 0.306 e. The zero-order valence-corrected chi connectivity index (χ0v) is 9.33. The number of esters is 1. The summed E-state index contributed by atoms with van der Waals surface area (Å²) in [5.41, 5.74) is 0. The maximum Gasteiger partial charge on any atom is 0.306 e. The van der Waals surface area contributed by atoms with Gasteiger partial charge in [-0.3, -0.25) is 9.69 Å². The molecule has 0 radical (unpaired) electrons. The van der Waals surface area contributed by atoms with Crippen LogP contribution < -0.4 is 5.32 Å². The molecular weight excluding hydrogens is 196 g/mol. The minimum Gasteiger partial charge on any atom is -0.469 e. The van der Waals surface area contributed by atoms with Crippen molar-refractivity contribution in [1.29, 1.82) is 0 Å². The van der Waals surface area contributed by atoms with Crippen LogP contribution in [0.2, 0.25) is 0 Å². The van der Waals surface area contributed by atoms with Crippen molar-refractivity contribution in [2.75, 3.05) is 53.0 Å². The van der Waals surface area contributed by atoms with Crippen molar-refractivity contribution in [3.63, 3.8) is 0 Å². The van der Waals surface area contributed by atoms with E-state index in [-0.39, 0.29) is 5.97 Å². The number of rotatable bonds is 6. The van der Waals surface area contributed by atoms with E-state index >= 15 is 0 Å². The average Bonchev–Trinajstić information content (AvgIpc) is 2.29. The second-order valence-electron chi connectivity index (χ2n) is 3.53. The Morgan fingerprint density at radius 1 is 1.40 bits per heavy atom. The Hall–Kier alpha value is -0.650. The molecule has 0 spiro atoms. The van der Waals surface area contributed by atoms with Crippen molar-refractivity contribution in [3.05, 3.63) is 0 Å². The van der Waals surface area contributed by atoms with E-state index < -0.39 is 0 Å². The molecule has 0 atom stereocenters. The number of hydrogen-bond acceptors (Lipinski definition) is 5. The van der Waals surface area contributed by atoms with Crippen LogP contribution in [-0.2, 0) is 14.3 Å². The third-order valence-corrected chi connectivity index (χ3v) is 2.44. The summed E-state index contributed by atoms with van der Waals surface area (Å²) in [4.78, 5) is 13.1. The summed E-state index contributed by atoms with van der Waals surface area (Å²) in [6.07, 6.45) is 0.444. The molecule has 1 fully saturated rings. The molecule has 1 heterocycles. The molecule has 1 aliphatic heterocycles. The Morgan fingerprint density at radius 3 is 2.80 bits per heavy atom. The number of ether oxygens (including phenoxy) is 2. The van der Waals surface area contributed by atoms with E-state index in [2.05, 4.69) is 15.0 Å². The Labute approximate surface area is 90.7 Å². The first kappa shape index (κ1) is 12.4. The molecule has 88 valence electrons. The van der Waals surface area contributed by atoms with Crippen molar-refractivity contribution < 1.29 is 14.3 Å². The van der Waals surface area contributed by atoms with E-state index in [0.29, 0.717) is 13.0 Å². The molecule has 0 aliphatic carbocycles. The lowest BCUT2D eigenvalue weighted by Gasteiger charge is -2.26. The van der Waals surface area contributed by atoms with Crippen molar-refractivity contribution in [3.8, 4) is 0 Å². The predicted octanol–water partition coefficient (Wildman–Crippen LogP) is -0.529. The molecule has 5 nitrogen and oxygen atoms in total. The minimum absolute atomic E-state index is 0.158. The predicted molar refractivity (Wildman–Crippen MR) is 56.8 cm³/mol. The summed E-state index contributed by atoms with van der Waals surface area (Å²) >= 11 is 0. The van der Waals surface area contributed by atoms with Crippen molar-refractivity contribution in [2.45, 2.75) is 6.42 Å². The van der Waals surface area contributed by atoms with Gasteiger partial charge in [0.05, 0.1) is 26.7 Å². The van der Waals surface area contributed by atoms with E-state index in [1.165, 1.54) is 7.11 Å². The van der Waals surface area contributed by atoms with E-state index in [9.17, 15) is 4.79 Å². The molecule has 1 saturated heterocycles. The van der Waals surface area contributed by atoms with Crippen LogP contribution in [-0.4, -0.2) is 63.9 Å². The van der Waals surface area contributed by atoms with Crippen LogP contribution in [0.15, 0.2) is 0 Å². The van der Waals surface area contributed by atoms with Gasteiger partial charge in [-0.2, -0.15) is 0 Å². The summed E-state index contributed by atoms with van der Waals surface area (Å²) in [5.74, 6) is -0.158. The van der Waals surface area contributed by atoms with Gasteiger partial charge in [0.2, 0.25) is 0 Å². The Bertz CT molecular complexity index is 182. The average molecular weight is 216 g/mol. The second kappa shape index (κ2) is 7.62. The van der Waals surface area contributed by atoms with Crippen LogP contribution in [0.25, 0.3) is 0 Å². The highest BCUT2D eigenvalue weighted by Crippen LogP contribution is 1.94. The molecule has 1 rings (SSSR count). The number of carbonyl (C=O) groups excluding carboxylic acids is 1. The third-order valence-electron chi connectivity index (χ3n) is 2.44. The highest BCUT2D eigenvalue weighted by molar-refractivity contribution is 5.69. The van der Waals surface area contributed by atoms with Crippen molar-refractivity contribution in [2.24, 2.45) is 0 Å². The van der Waals surface area contributed by atoms with Gasteiger partial charge in [-0.15, -0.1) is 0 Å². The number of hydrogen-bond donors (Lipinski definition) is 1. The highest BCUT2D eigenvalue weighted by atomic mass is 16.5. The maximum atomic E-state index is 10.8. The second-order valence-corrected chi connectivity index (χ2v) is 3.53. The van der Waals surface area contributed by atoms with Gasteiger partial charge in [-0.25, -0.2) is 0 Å². The molecule has 0 aromatic heterocycles. The Morgan fingerprint density at radius 2 is 2.13 bits per heavy atom. The van der Waals surface area contributed by atoms with Crippen LogP contribution in [0.3, 0.4) is 0 Å². The lowest BCUT2D eigenvalue weighted by atomic mass is 10.4. The zero-order chi connectivity index (χ0) is 10.9. The number of methoxy groups -OCH3 is 1. The highest BCUT2D eigenvalue weighted by Gasteiger charge is 2.08. The number of nitrogens with zero attached hydrogens (tertiary/aromatic N) is 1. The van der Waals surface area contributed by atoms with Gasteiger partial charge in [0, 0.05) is 32.7 Å². The topological polar surface area (TPSA) is 50.8 Å². The summed E-state index contributed by atoms with van der Waals surface area (Å²) < 4.78 is 9.79. The number of nitrogens with one attached hydrogen (secondary N) is 1. The standard InChI is InChI=1S/C10H20N2O3/c1-14-10(13)2-3-11-4-5-12-6-8-15-9-7-12/h11H,2-9H2,1H3. The monoisotopic (exact) mass is 216 g/mol. The van der Waals surface area contributed by atoms with Gasteiger partial charge in [0.1, 0.15) is 0 Å². The Kier molecular flexibility index (Phi) is 6.31. The van der Waals surface area contributed by atoms with Crippen molar-refractivity contribution >= 4 is 5.97 Å². The molecule has 5 heteroatoms. The lowest BCUT2D eigenvalue weighted by molar-refractivity contribution is -0.140. The molecule has 0 aromatic rings. The van der Waals surface area contributed by atoms with E-state index in [4.69, 9.17) is 4.74 Å². The van der Waals surface area contributed by atoms with Gasteiger partial charge in [-0.05, 0) is 0 Å². The zero-order valence-electron chi connectivity index (χ0n) is 9.33. The first-order valence-electron chi connectivity index (χ1n) is 5.40. The van der Waals surface area contributed by atoms with E-state index in [1.54, 1.807) is 0 Å². The SMILES string of the molecule is COC(=O)CCNCCN1CCOCC1. The molecule has 1 N–H and O–H groups in total. The van der Waals surface area contributed by atoms with Crippen LogP contribution in [0.5, 0.6) is 0 Å². The quantitative estimate of drug-likeness (QED) is 0.478. The van der Waals surface area contributed by atoms with Gasteiger partial charge in [0.15, 0.2) is 0 Å². The maximum absolute atomic E-state index is 10.8. The largest absolute Gasteiger partial charge is 0.469 e. The van der Waals surface area contributed by atoms with Crippen LogP contribution in [0, 0.1) is 0 Å². The van der Waals surface area contributed by atoms with Crippen LogP contribution in [0.4, 0.5) is 0 Å². The summed E-state index contributed by atoms with van der Waals surface area (Å²) in [5, 5.41) is 3.21. The summed E-state index contributed by atoms with van der Waals surface area (Å²) in [7, 11) is 1.41. The van der Waals surface area contributed by atoms with Gasteiger partial charge in [0.25, 0.3) is 0 Å². The first-order chi connectivity index (χ1) is 7.33. The number of morpholine rings is 1. The van der Waals surface area contributed by atoms with Gasteiger partial charge in [-0.1, -0.05) is 0 Å². The molecule has 1 aliphatic rings. The first-order valence-corrected chi connectivity index (χ1v) is 5.40. The number of carbonyl (C=O) groups is 1. The fourth-order valence-corrected chi connectivity index (χ4v) is 1.48. The molecule has 0 bridgehead atoms. The minimum atomic E-state index is -0.158. The molecule has 0 aromatic carbocycles. The molecular formula is C10H20N2O3. The molecule has 15 heavy (non-hydrogen) atoms. The fourth-order valence-electron chi connectivity index (χ4n) is 1.48. The summed E-state index contributed by atoms with van der Waals surface area (Å²) in [6.45, 7) is 6.32. The summed E-state index contributed by atoms with van der Waals surface area (Å²) in [6, 6.07) is 0. The van der Waals surface area contributed by atoms with E-state index in [0.717, 1.165) is 39.4 Å². The van der Waals surface area contributed by atoms with E-state index in [1.807, 2.05) is 0 Å².